The van der Waals surface area contributed by atoms with Crippen LogP contribution in [0.5, 0.6) is 5.75 Å². The number of carbonyl (C=O) groups is 1. The van der Waals surface area contributed by atoms with Crippen molar-refractivity contribution >= 4 is 29.1 Å². The normalized spacial score (nSPS) is 10.4. The highest BCUT2D eigenvalue weighted by Crippen LogP contribution is 2.30. The lowest BCUT2D eigenvalue weighted by Crippen LogP contribution is -2.10. The van der Waals surface area contributed by atoms with E-state index in [0.29, 0.717) is 28.4 Å². The maximum Gasteiger partial charge on any atom is 0.339 e. The summed E-state index contributed by atoms with van der Waals surface area (Å²) in [6.07, 6.45) is 4.45. The number of benzene rings is 1. The van der Waals surface area contributed by atoms with Gasteiger partial charge in [0, 0.05) is 48.4 Å². The summed E-state index contributed by atoms with van der Waals surface area (Å²) in [6, 6.07) is 5.80. The van der Waals surface area contributed by atoms with Crippen LogP contribution in [0.15, 0.2) is 42.9 Å². The minimum atomic E-state index is -0.532. The fourth-order valence-electron chi connectivity index (χ4n) is 2.88. The van der Waals surface area contributed by atoms with Gasteiger partial charge < -0.3 is 25.2 Å². The second kappa shape index (κ2) is 10.8. The van der Waals surface area contributed by atoms with E-state index in [1.807, 2.05) is 0 Å². The third kappa shape index (κ3) is 5.89. The summed E-state index contributed by atoms with van der Waals surface area (Å²) >= 11 is 0. The number of nitro benzene ring substituents is 1. The highest BCUT2D eigenvalue weighted by molar-refractivity contribution is 5.91. The first kappa shape index (κ1) is 23.3. The molecule has 0 radical (unpaired) electrons. The number of nitro groups is 1. The summed E-state index contributed by atoms with van der Waals surface area (Å²) in [5, 5.41) is 26.3. The molecule has 0 bridgehead atoms. The number of aromatic nitrogens is 3. The lowest BCUT2D eigenvalue weighted by atomic mass is 10.1. The fourth-order valence-corrected chi connectivity index (χ4v) is 2.88. The number of nitrogens with one attached hydrogen (secondary N) is 2. The van der Waals surface area contributed by atoms with Crippen LogP contribution in [-0.4, -0.2) is 57.8 Å². The minimum Gasteiger partial charge on any atom is -0.496 e. The number of nitrogens with zero attached hydrogens (tertiary/aromatic N) is 4. The van der Waals surface area contributed by atoms with Crippen LogP contribution in [0.3, 0.4) is 0 Å². The fraction of sp³-hybridized carbons (Fsp3) is 0.238. The number of aliphatic hydroxyl groups excluding tert-OH is 1. The zero-order chi connectivity index (χ0) is 23.8. The van der Waals surface area contributed by atoms with Crippen molar-refractivity contribution < 1.29 is 24.3 Å². The van der Waals surface area contributed by atoms with Crippen molar-refractivity contribution in [1.29, 1.82) is 0 Å². The van der Waals surface area contributed by atoms with Gasteiger partial charge in [-0.15, -0.1) is 0 Å². The number of anilines is 3. The van der Waals surface area contributed by atoms with Gasteiger partial charge in [0.1, 0.15) is 11.6 Å². The number of methoxy groups -OCH3 is 1. The molecule has 0 spiro atoms. The van der Waals surface area contributed by atoms with E-state index in [4.69, 9.17) is 9.47 Å². The van der Waals surface area contributed by atoms with Crippen molar-refractivity contribution in [3.05, 3.63) is 58.5 Å². The molecule has 12 nitrogen and oxygen atoms in total. The lowest BCUT2D eigenvalue weighted by Gasteiger charge is -2.13. The summed E-state index contributed by atoms with van der Waals surface area (Å²) < 4.78 is 10.1. The zero-order valence-electron chi connectivity index (χ0n) is 17.9. The van der Waals surface area contributed by atoms with Crippen molar-refractivity contribution in [1.82, 2.24) is 15.0 Å². The van der Waals surface area contributed by atoms with Crippen molar-refractivity contribution in [2.75, 3.05) is 37.5 Å². The van der Waals surface area contributed by atoms with Gasteiger partial charge in [-0.3, -0.25) is 15.1 Å². The molecule has 0 saturated heterocycles. The van der Waals surface area contributed by atoms with Gasteiger partial charge in [-0.05, 0) is 13.0 Å². The van der Waals surface area contributed by atoms with Crippen molar-refractivity contribution in [2.24, 2.45) is 0 Å². The molecule has 3 aromatic rings. The van der Waals surface area contributed by atoms with E-state index in [2.05, 4.69) is 25.6 Å². The summed E-state index contributed by atoms with van der Waals surface area (Å²) in [7, 11) is 1.41. The molecule has 172 valence electrons. The van der Waals surface area contributed by atoms with E-state index in [0.717, 1.165) is 0 Å². The van der Waals surface area contributed by atoms with Crippen LogP contribution in [0.25, 0.3) is 11.1 Å². The van der Waals surface area contributed by atoms with Gasteiger partial charge in [0.25, 0.3) is 5.69 Å². The predicted octanol–water partition coefficient (Wildman–Crippen LogP) is 2.78. The molecule has 33 heavy (non-hydrogen) atoms. The summed E-state index contributed by atoms with van der Waals surface area (Å²) in [5.74, 6) is 0.303. The molecule has 0 aliphatic heterocycles. The van der Waals surface area contributed by atoms with Gasteiger partial charge >= 0.3 is 5.97 Å². The molecule has 3 N–H and O–H groups in total. The Labute approximate surface area is 188 Å². The van der Waals surface area contributed by atoms with Gasteiger partial charge in [-0.1, -0.05) is 0 Å². The standard InChI is InChI=1S/C21H22N6O6/c1-3-33-20(29)14-6-13(10-22-11-14)18-12-24-21(26-19(18)23-4-5-28)25-15-7-16(27(30)31)9-17(8-15)32-2/h6-12,28H,3-5H2,1-2H3,(H2,23,24,25,26). The molecule has 12 heteroatoms. The number of ether oxygens (including phenoxy) is 2. The summed E-state index contributed by atoms with van der Waals surface area (Å²) in [6.45, 7) is 2.01. The van der Waals surface area contributed by atoms with Crippen LogP contribution in [0.2, 0.25) is 0 Å². The van der Waals surface area contributed by atoms with Crippen LogP contribution in [0, 0.1) is 10.1 Å². The van der Waals surface area contributed by atoms with Crippen LogP contribution < -0.4 is 15.4 Å². The van der Waals surface area contributed by atoms with Crippen molar-refractivity contribution in [3.8, 4) is 16.9 Å². The molecule has 0 aliphatic rings. The van der Waals surface area contributed by atoms with Gasteiger partial charge in [-0.25, -0.2) is 9.78 Å². The molecule has 0 aliphatic carbocycles. The molecule has 0 amide bonds. The molecule has 0 unspecified atom stereocenters. The van der Waals surface area contributed by atoms with E-state index in [1.54, 1.807) is 25.3 Å². The predicted molar refractivity (Wildman–Crippen MR) is 120 cm³/mol. The Morgan fingerprint density at radius 1 is 1.21 bits per heavy atom. The second-order valence-electron chi connectivity index (χ2n) is 6.59. The number of aliphatic hydroxyl groups is 1. The molecule has 0 saturated carbocycles. The summed E-state index contributed by atoms with van der Waals surface area (Å²) in [4.78, 5) is 35.5. The lowest BCUT2D eigenvalue weighted by molar-refractivity contribution is -0.384. The monoisotopic (exact) mass is 454 g/mol. The Morgan fingerprint density at radius 3 is 2.73 bits per heavy atom. The number of hydrogen-bond donors (Lipinski definition) is 3. The first-order chi connectivity index (χ1) is 15.9. The van der Waals surface area contributed by atoms with Gasteiger partial charge in [0.2, 0.25) is 5.95 Å². The molecule has 1 aromatic carbocycles. The molecule has 0 fully saturated rings. The Kier molecular flexibility index (Phi) is 7.65. The molecule has 2 aromatic heterocycles. The third-order valence-electron chi connectivity index (χ3n) is 4.35. The zero-order valence-corrected chi connectivity index (χ0v) is 17.9. The Morgan fingerprint density at radius 2 is 2.03 bits per heavy atom. The van der Waals surface area contributed by atoms with Crippen LogP contribution in [0.1, 0.15) is 17.3 Å². The highest BCUT2D eigenvalue weighted by atomic mass is 16.6. The molecule has 3 rings (SSSR count). The first-order valence-corrected chi connectivity index (χ1v) is 9.90. The molecular formula is C21H22N6O6. The van der Waals surface area contributed by atoms with Crippen molar-refractivity contribution in [3.63, 3.8) is 0 Å². The van der Waals surface area contributed by atoms with Gasteiger partial charge in [-0.2, -0.15) is 4.98 Å². The van der Waals surface area contributed by atoms with Crippen LogP contribution >= 0.6 is 0 Å². The quantitative estimate of drug-likeness (QED) is 0.234. The van der Waals surface area contributed by atoms with E-state index in [9.17, 15) is 20.0 Å². The smallest absolute Gasteiger partial charge is 0.339 e. The number of hydrogen-bond acceptors (Lipinski definition) is 11. The highest BCUT2D eigenvalue weighted by Gasteiger charge is 2.15. The molecular weight excluding hydrogens is 432 g/mol. The number of esters is 1. The van der Waals surface area contributed by atoms with Crippen LogP contribution in [-0.2, 0) is 4.74 Å². The number of carbonyl (C=O) groups excluding carboxylic acids is 1. The Balaban J connectivity index is 1.96. The Hall–Kier alpha value is -4.32. The average molecular weight is 454 g/mol. The van der Waals surface area contributed by atoms with E-state index in [-0.39, 0.29) is 37.0 Å². The topological polar surface area (TPSA) is 162 Å². The van der Waals surface area contributed by atoms with Crippen molar-refractivity contribution in [2.45, 2.75) is 6.92 Å². The molecule has 2 heterocycles. The minimum absolute atomic E-state index is 0.143. The SMILES string of the molecule is CCOC(=O)c1cncc(-c2cnc(Nc3cc(OC)cc([N+](=O)[O-])c3)nc2NCCO)c1. The maximum atomic E-state index is 12.1. The third-order valence-corrected chi connectivity index (χ3v) is 4.35. The molecule has 0 atom stereocenters. The largest absolute Gasteiger partial charge is 0.496 e. The summed E-state index contributed by atoms with van der Waals surface area (Å²) in [5.41, 5.74) is 1.56. The van der Waals surface area contributed by atoms with E-state index < -0.39 is 10.9 Å². The first-order valence-electron chi connectivity index (χ1n) is 9.90. The van der Waals surface area contributed by atoms with Crippen LogP contribution in [0.4, 0.5) is 23.1 Å². The number of pyridine rings is 1. The van der Waals surface area contributed by atoms with Gasteiger partial charge in [0.15, 0.2) is 0 Å². The second-order valence-corrected chi connectivity index (χ2v) is 6.59. The van der Waals surface area contributed by atoms with E-state index >= 15 is 0 Å². The Bertz CT molecular complexity index is 1160. The average Bonchev–Trinajstić information content (AvgIpc) is 2.82. The maximum absolute atomic E-state index is 12.1. The number of non-ortho nitro benzene ring substituents is 1. The van der Waals surface area contributed by atoms with Gasteiger partial charge in [0.05, 0.1) is 42.6 Å². The number of rotatable bonds is 10. The van der Waals surface area contributed by atoms with E-state index in [1.165, 1.54) is 31.6 Å².